The molecule has 0 amide bonds. The van der Waals surface area contributed by atoms with Crippen molar-refractivity contribution in [3.63, 3.8) is 0 Å². The van der Waals surface area contributed by atoms with Gasteiger partial charge in [0, 0.05) is 31.0 Å². The molecule has 4 heteroatoms. The first kappa shape index (κ1) is 16.3. The Kier molecular flexibility index (Phi) is 5.02. The van der Waals surface area contributed by atoms with Crippen molar-refractivity contribution in [1.82, 2.24) is 9.97 Å². The lowest BCUT2D eigenvalue weighted by atomic mass is 9.95. The smallest absolute Gasteiger partial charge is 0.135 e. The predicted molar refractivity (Wildman–Crippen MR) is 96.6 cm³/mol. The Bertz CT molecular complexity index is 560. The van der Waals surface area contributed by atoms with Crippen LogP contribution in [0.4, 0.5) is 5.82 Å². The SMILES string of the molecule is Cc1nc2c(c(N3CCC(OCC4CCCC4)CC3)n1)CCCC2. The van der Waals surface area contributed by atoms with Crippen LogP contribution in [-0.4, -0.2) is 35.8 Å². The van der Waals surface area contributed by atoms with Crippen LogP contribution in [0.2, 0.25) is 0 Å². The molecule has 1 saturated carbocycles. The third-order valence-electron chi connectivity index (χ3n) is 6.06. The Labute approximate surface area is 146 Å². The number of nitrogens with zero attached hydrogens (tertiary/aromatic N) is 3. The fraction of sp³-hybridized carbons (Fsp3) is 0.800. The lowest BCUT2D eigenvalue weighted by Crippen LogP contribution is -2.39. The fourth-order valence-electron chi connectivity index (χ4n) is 4.64. The van der Waals surface area contributed by atoms with Gasteiger partial charge in [0.25, 0.3) is 0 Å². The molecule has 0 atom stereocenters. The molecule has 24 heavy (non-hydrogen) atoms. The summed E-state index contributed by atoms with van der Waals surface area (Å²) < 4.78 is 6.23. The van der Waals surface area contributed by atoms with E-state index in [9.17, 15) is 0 Å². The minimum atomic E-state index is 0.459. The van der Waals surface area contributed by atoms with Gasteiger partial charge in [-0.15, -0.1) is 0 Å². The van der Waals surface area contributed by atoms with Crippen LogP contribution in [0.25, 0.3) is 0 Å². The molecule has 0 radical (unpaired) electrons. The second-order valence-electron chi connectivity index (χ2n) is 7.90. The van der Waals surface area contributed by atoms with Gasteiger partial charge in [0.15, 0.2) is 0 Å². The van der Waals surface area contributed by atoms with Crippen LogP contribution in [0, 0.1) is 12.8 Å². The zero-order valence-electron chi connectivity index (χ0n) is 15.1. The van der Waals surface area contributed by atoms with Crippen molar-refractivity contribution in [2.75, 3.05) is 24.6 Å². The van der Waals surface area contributed by atoms with Crippen LogP contribution in [-0.2, 0) is 17.6 Å². The number of rotatable bonds is 4. The maximum atomic E-state index is 6.23. The molecule has 132 valence electrons. The molecule has 0 N–H and O–H groups in total. The Balaban J connectivity index is 1.36. The fourth-order valence-corrected chi connectivity index (χ4v) is 4.64. The molecule has 0 unspecified atom stereocenters. The third-order valence-corrected chi connectivity index (χ3v) is 6.06. The second-order valence-corrected chi connectivity index (χ2v) is 7.90. The second kappa shape index (κ2) is 7.38. The average molecular weight is 329 g/mol. The normalized spacial score (nSPS) is 22.8. The number of fused-ring (bicyclic) bond motifs is 1. The highest BCUT2D eigenvalue weighted by atomic mass is 16.5. The first-order valence-corrected chi connectivity index (χ1v) is 10.0. The van der Waals surface area contributed by atoms with Crippen molar-refractivity contribution in [2.45, 2.75) is 77.2 Å². The summed E-state index contributed by atoms with van der Waals surface area (Å²) in [5, 5.41) is 0. The molecule has 1 saturated heterocycles. The van der Waals surface area contributed by atoms with Crippen LogP contribution in [0.5, 0.6) is 0 Å². The van der Waals surface area contributed by atoms with Gasteiger partial charge in [0.05, 0.1) is 6.10 Å². The minimum absolute atomic E-state index is 0.459. The predicted octanol–water partition coefficient (Wildman–Crippen LogP) is 3.84. The van der Waals surface area contributed by atoms with Crippen LogP contribution >= 0.6 is 0 Å². The van der Waals surface area contributed by atoms with E-state index in [1.807, 2.05) is 6.92 Å². The van der Waals surface area contributed by atoms with Crippen molar-refractivity contribution < 1.29 is 4.74 Å². The largest absolute Gasteiger partial charge is 0.378 e. The summed E-state index contributed by atoms with van der Waals surface area (Å²) in [5.74, 6) is 3.00. The van der Waals surface area contributed by atoms with Crippen LogP contribution in [0.15, 0.2) is 0 Å². The molecule has 0 aromatic carbocycles. The van der Waals surface area contributed by atoms with E-state index in [0.717, 1.165) is 57.1 Å². The third kappa shape index (κ3) is 3.58. The van der Waals surface area contributed by atoms with E-state index < -0.39 is 0 Å². The van der Waals surface area contributed by atoms with Gasteiger partial charge in [0.1, 0.15) is 11.6 Å². The molecule has 1 aromatic rings. The molecule has 1 aliphatic heterocycles. The standard InChI is InChI=1S/C20H31N3O/c1-15-21-19-9-5-4-8-18(19)20(22-15)23-12-10-17(11-13-23)24-14-16-6-2-3-7-16/h16-17H,2-14H2,1H3. The van der Waals surface area contributed by atoms with E-state index in [1.54, 1.807) is 0 Å². The maximum absolute atomic E-state index is 6.23. The van der Waals surface area contributed by atoms with Crippen LogP contribution in [0.3, 0.4) is 0 Å². The molecule has 0 bridgehead atoms. The highest BCUT2D eigenvalue weighted by molar-refractivity contribution is 5.50. The molecule has 2 fully saturated rings. The van der Waals surface area contributed by atoms with Gasteiger partial charge < -0.3 is 9.64 Å². The average Bonchev–Trinajstić information content (AvgIpc) is 3.13. The molecule has 0 spiro atoms. The molecule has 1 aromatic heterocycles. The van der Waals surface area contributed by atoms with E-state index in [1.165, 1.54) is 55.6 Å². The van der Waals surface area contributed by atoms with Crippen molar-refractivity contribution in [1.29, 1.82) is 0 Å². The van der Waals surface area contributed by atoms with E-state index >= 15 is 0 Å². The van der Waals surface area contributed by atoms with Gasteiger partial charge in [-0.25, -0.2) is 9.97 Å². The summed E-state index contributed by atoms with van der Waals surface area (Å²) in [6, 6.07) is 0. The molecule has 4 rings (SSSR count). The van der Waals surface area contributed by atoms with Crippen molar-refractivity contribution >= 4 is 5.82 Å². The first-order valence-electron chi connectivity index (χ1n) is 10.0. The Hall–Kier alpha value is -1.16. The topological polar surface area (TPSA) is 38.2 Å². The first-order chi connectivity index (χ1) is 11.8. The number of aryl methyl sites for hydroxylation is 2. The van der Waals surface area contributed by atoms with Crippen LogP contribution in [0.1, 0.15) is 68.4 Å². The number of anilines is 1. The summed E-state index contributed by atoms with van der Waals surface area (Å²) in [7, 11) is 0. The van der Waals surface area contributed by atoms with Gasteiger partial charge >= 0.3 is 0 Å². The zero-order valence-corrected chi connectivity index (χ0v) is 15.1. The highest BCUT2D eigenvalue weighted by Gasteiger charge is 2.26. The van der Waals surface area contributed by atoms with Crippen molar-refractivity contribution in [2.24, 2.45) is 5.92 Å². The maximum Gasteiger partial charge on any atom is 0.135 e. The molecule has 4 nitrogen and oxygen atoms in total. The summed E-state index contributed by atoms with van der Waals surface area (Å²) in [4.78, 5) is 12.0. The van der Waals surface area contributed by atoms with E-state index in [2.05, 4.69) is 4.90 Å². The number of piperidine rings is 1. The Morgan fingerprint density at radius 3 is 2.50 bits per heavy atom. The summed E-state index contributed by atoms with van der Waals surface area (Å²) in [5.41, 5.74) is 2.74. The Morgan fingerprint density at radius 2 is 1.71 bits per heavy atom. The van der Waals surface area contributed by atoms with Crippen molar-refractivity contribution in [3.8, 4) is 0 Å². The number of aromatic nitrogens is 2. The zero-order chi connectivity index (χ0) is 16.4. The quantitative estimate of drug-likeness (QED) is 0.841. The monoisotopic (exact) mass is 329 g/mol. The van der Waals surface area contributed by atoms with Crippen LogP contribution < -0.4 is 4.90 Å². The Morgan fingerprint density at radius 1 is 0.958 bits per heavy atom. The summed E-state index contributed by atoms with van der Waals surface area (Å²) in [6.07, 6.45) is 13.2. The van der Waals surface area contributed by atoms with Gasteiger partial charge in [-0.3, -0.25) is 0 Å². The molecule has 3 aliphatic rings. The number of ether oxygens (including phenoxy) is 1. The highest BCUT2D eigenvalue weighted by Crippen LogP contribution is 2.31. The lowest BCUT2D eigenvalue weighted by Gasteiger charge is -2.35. The van der Waals surface area contributed by atoms with Gasteiger partial charge in [-0.2, -0.15) is 0 Å². The number of hydrogen-bond acceptors (Lipinski definition) is 4. The molecular weight excluding hydrogens is 298 g/mol. The summed E-state index contributed by atoms with van der Waals surface area (Å²) in [6.45, 7) is 5.19. The molecule has 2 aliphatic carbocycles. The molecule has 2 heterocycles. The van der Waals surface area contributed by atoms with E-state index in [0.29, 0.717) is 6.10 Å². The van der Waals surface area contributed by atoms with E-state index in [4.69, 9.17) is 14.7 Å². The summed E-state index contributed by atoms with van der Waals surface area (Å²) >= 11 is 0. The van der Waals surface area contributed by atoms with Gasteiger partial charge in [0.2, 0.25) is 0 Å². The minimum Gasteiger partial charge on any atom is -0.378 e. The van der Waals surface area contributed by atoms with Gasteiger partial charge in [-0.05, 0) is 64.2 Å². The van der Waals surface area contributed by atoms with Crippen molar-refractivity contribution in [3.05, 3.63) is 17.1 Å². The lowest BCUT2D eigenvalue weighted by molar-refractivity contribution is 0.0163. The van der Waals surface area contributed by atoms with E-state index in [-0.39, 0.29) is 0 Å². The molecular formula is C20H31N3O. The van der Waals surface area contributed by atoms with Gasteiger partial charge in [-0.1, -0.05) is 12.8 Å². The number of hydrogen-bond donors (Lipinski definition) is 0.